The fourth-order valence-corrected chi connectivity index (χ4v) is 3.30. The van der Waals surface area contributed by atoms with E-state index in [1.54, 1.807) is 0 Å². The molecule has 0 bridgehead atoms. The van der Waals surface area contributed by atoms with Gasteiger partial charge < -0.3 is 15.1 Å². The van der Waals surface area contributed by atoms with Crippen LogP contribution in [0.4, 0.5) is 5.69 Å². The fourth-order valence-electron chi connectivity index (χ4n) is 3.30. The monoisotopic (exact) mass is 272 g/mol. The van der Waals surface area contributed by atoms with Crippen LogP contribution in [-0.2, 0) is 6.42 Å². The summed E-state index contributed by atoms with van der Waals surface area (Å²) < 4.78 is 0. The van der Waals surface area contributed by atoms with Crippen LogP contribution in [0.25, 0.3) is 0 Å². The number of nitrogens with one attached hydrogen (secondary N) is 1. The van der Waals surface area contributed by atoms with Crippen molar-refractivity contribution in [2.45, 2.75) is 25.3 Å². The lowest BCUT2D eigenvalue weighted by Gasteiger charge is -2.26. The van der Waals surface area contributed by atoms with Gasteiger partial charge in [-0.05, 0) is 44.5 Å². The Kier molecular flexibility index (Phi) is 3.92. The smallest absolute Gasteiger partial charge is 0.198 e. The van der Waals surface area contributed by atoms with Gasteiger partial charge in [0.15, 0.2) is 5.96 Å². The number of aliphatic imine (C=N–C) groups is 1. The van der Waals surface area contributed by atoms with Crippen molar-refractivity contribution in [3.8, 4) is 0 Å². The molecule has 4 heteroatoms. The van der Waals surface area contributed by atoms with Crippen LogP contribution in [0, 0.1) is 0 Å². The van der Waals surface area contributed by atoms with E-state index in [4.69, 9.17) is 0 Å². The molecule has 1 aromatic rings. The second-order valence-electron chi connectivity index (χ2n) is 5.74. The van der Waals surface area contributed by atoms with Crippen molar-refractivity contribution in [1.82, 2.24) is 10.2 Å². The Hall–Kier alpha value is -1.55. The topological polar surface area (TPSA) is 30.9 Å². The van der Waals surface area contributed by atoms with Gasteiger partial charge in [-0.2, -0.15) is 0 Å². The minimum Gasteiger partial charge on any atom is -0.354 e. The van der Waals surface area contributed by atoms with Crippen LogP contribution in [0.15, 0.2) is 29.3 Å². The lowest BCUT2D eigenvalue weighted by atomic mass is 10.2. The maximum absolute atomic E-state index is 4.47. The maximum Gasteiger partial charge on any atom is 0.198 e. The van der Waals surface area contributed by atoms with Crippen molar-refractivity contribution in [3.63, 3.8) is 0 Å². The Labute approximate surface area is 121 Å². The fraction of sp³-hybridized carbons (Fsp3) is 0.562. The molecule has 2 aliphatic heterocycles. The van der Waals surface area contributed by atoms with E-state index in [1.807, 2.05) is 7.05 Å². The van der Waals surface area contributed by atoms with E-state index >= 15 is 0 Å². The van der Waals surface area contributed by atoms with Crippen molar-refractivity contribution in [1.29, 1.82) is 0 Å². The Morgan fingerprint density at radius 1 is 1.35 bits per heavy atom. The minimum absolute atomic E-state index is 0.643. The molecule has 1 saturated heterocycles. The van der Waals surface area contributed by atoms with Crippen LogP contribution in [0.5, 0.6) is 0 Å². The molecule has 1 unspecified atom stereocenters. The van der Waals surface area contributed by atoms with Gasteiger partial charge in [-0.15, -0.1) is 0 Å². The summed E-state index contributed by atoms with van der Waals surface area (Å²) in [7, 11) is 4.09. The summed E-state index contributed by atoms with van der Waals surface area (Å²) in [5.41, 5.74) is 2.73. The molecule has 1 aromatic carbocycles. The van der Waals surface area contributed by atoms with E-state index in [-0.39, 0.29) is 0 Å². The van der Waals surface area contributed by atoms with Crippen LogP contribution >= 0.6 is 0 Å². The highest BCUT2D eigenvalue weighted by Crippen LogP contribution is 2.27. The van der Waals surface area contributed by atoms with Gasteiger partial charge in [0.2, 0.25) is 0 Å². The summed E-state index contributed by atoms with van der Waals surface area (Å²) in [4.78, 5) is 9.22. The quantitative estimate of drug-likeness (QED) is 0.657. The van der Waals surface area contributed by atoms with Gasteiger partial charge in [-0.3, -0.25) is 4.99 Å². The number of fused-ring (bicyclic) bond motifs is 1. The first-order valence-electron chi connectivity index (χ1n) is 7.56. The first-order chi connectivity index (χ1) is 9.79. The van der Waals surface area contributed by atoms with Gasteiger partial charge in [0.05, 0.1) is 0 Å². The van der Waals surface area contributed by atoms with E-state index in [9.17, 15) is 0 Å². The predicted octanol–water partition coefficient (Wildman–Crippen LogP) is 1.72. The number of anilines is 1. The van der Waals surface area contributed by atoms with Crippen molar-refractivity contribution in [2.75, 3.05) is 38.6 Å². The number of likely N-dealkylation sites (N-methyl/N-ethyl adjacent to an activating group) is 1. The first kappa shape index (κ1) is 13.4. The summed E-state index contributed by atoms with van der Waals surface area (Å²) in [6.07, 6.45) is 3.71. The molecular formula is C16H24N4. The first-order valence-corrected chi connectivity index (χ1v) is 7.56. The van der Waals surface area contributed by atoms with E-state index in [1.165, 1.54) is 30.6 Å². The second kappa shape index (κ2) is 5.83. The molecule has 0 saturated carbocycles. The summed E-state index contributed by atoms with van der Waals surface area (Å²) in [6.45, 7) is 3.23. The molecule has 20 heavy (non-hydrogen) atoms. The number of rotatable bonds is 2. The standard InChI is InChI=1S/C16H24N4/c1-17-16(18-12-14-7-5-10-19(14)2)20-11-9-13-6-3-4-8-15(13)20/h3-4,6,8,14H,5,7,9-12H2,1-2H3,(H,17,18). The second-order valence-corrected chi connectivity index (χ2v) is 5.74. The van der Waals surface area contributed by atoms with E-state index in [0.29, 0.717) is 6.04 Å². The molecule has 2 heterocycles. The molecule has 0 spiro atoms. The number of guanidine groups is 1. The zero-order valence-electron chi connectivity index (χ0n) is 12.5. The molecule has 0 aromatic heterocycles. The summed E-state index contributed by atoms with van der Waals surface area (Å²) in [5, 5.41) is 3.56. The largest absolute Gasteiger partial charge is 0.354 e. The van der Waals surface area contributed by atoms with Crippen molar-refractivity contribution in [3.05, 3.63) is 29.8 Å². The number of nitrogens with zero attached hydrogens (tertiary/aromatic N) is 3. The third-order valence-corrected chi connectivity index (χ3v) is 4.52. The SMILES string of the molecule is CN=C(NCC1CCCN1C)N1CCc2ccccc21. The van der Waals surface area contributed by atoms with E-state index < -0.39 is 0 Å². The van der Waals surface area contributed by atoms with E-state index in [2.05, 4.69) is 51.4 Å². The molecular weight excluding hydrogens is 248 g/mol. The molecule has 0 aliphatic carbocycles. The molecule has 1 atom stereocenters. The zero-order chi connectivity index (χ0) is 13.9. The van der Waals surface area contributed by atoms with Crippen LogP contribution in [0.3, 0.4) is 0 Å². The lowest BCUT2D eigenvalue weighted by molar-refractivity contribution is 0.310. The molecule has 1 fully saturated rings. The summed E-state index contributed by atoms with van der Waals surface area (Å²) in [5.74, 6) is 1.01. The average Bonchev–Trinajstić information content (AvgIpc) is 3.07. The third kappa shape index (κ3) is 2.52. The lowest BCUT2D eigenvalue weighted by Crippen LogP contribution is -2.45. The van der Waals surface area contributed by atoms with Crippen molar-refractivity contribution >= 4 is 11.6 Å². The van der Waals surface area contributed by atoms with Crippen LogP contribution in [-0.4, -0.2) is 50.6 Å². The highest BCUT2D eigenvalue weighted by atomic mass is 15.3. The summed E-state index contributed by atoms with van der Waals surface area (Å²) in [6, 6.07) is 9.27. The maximum atomic E-state index is 4.47. The minimum atomic E-state index is 0.643. The molecule has 0 radical (unpaired) electrons. The Morgan fingerprint density at radius 2 is 2.20 bits per heavy atom. The van der Waals surface area contributed by atoms with Gasteiger partial charge in [-0.25, -0.2) is 0 Å². The van der Waals surface area contributed by atoms with Crippen molar-refractivity contribution < 1.29 is 0 Å². The zero-order valence-corrected chi connectivity index (χ0v) is 12.5. The van der Waals surface area contributed by atoms with Crippen LogP contribution in [0.2, 0.25) is 0 Å². The van der Waals surface area contributed by atoms with Crippen molar-refractivity contribution in [2.24, 2.45) is 4.99 Å². The van der Waals surface area contributed by atoms with Gasteiger partial charge >= 0.3 is 0 Å². The van der Waals surface area contributed by atoms with Gasteiger partial charge in [0.25, 0.3) is 0 Å². The van der Waals surface area contributed by atoms with Gasteiger partial charge in [0.1, 0.15) is 0 Å². The molecule has 108 valence electrons. The highest BCUT2D eigenvalue weighted by molar-refractivity contribution is 5.97. The van der Waals surface area contributed by atoms with Crippen LogP contribution in [0.1, 0.15) is 18.4 Å². The molecule has 2 aliphatic rings. The molecule has 4 nitrogen and oxygen atoms in total. The third-order valence-electron chi connectivity index (χ3n) is 4.52. The molecule has 3 rings (SSSR count). The molecule has 1 N–H and O–H groups in total. The number of likely N-dealkylation sites (tertiary alicyclic amines) is 1. The number of hydrogen-bond acceptors (Lipinski definition) is 2. The Morgan fingerprint density at radius 3 is 2.95 bits per heavy atom. The highest BCUT2D eigenvalue weighted by Gasteiger charge is 2.25. The summed E-state index contributed by atoms with van der Waals surface area (Å²) >= 11 is 0. The number of benzene rings is 1. The Bertz CT molecular complexity index is 497. The van der Waals surface area contributed by atoms with Gasteiger partial charge in [0, 0.05) is 31.9 Å². The van der Waals surface area contributed by atoms with E-state index in [0.717, 1.165) is 25.5 Å². The molecule has 0 amide bonds. The predicted molar refractivity (Wildman–Crippen MR) is 84.5 cm³/mol. The van der Waals surface area contributed by atoms with Crippen LogP contribution < -0.4 is 10.2 Å². The average molecular weight is 272 g/mol. The number of hydrogen-bond donors (Lipinski definition) is 1. The number of para-hydroxylation sites is 1. The Balaban J connectivity index is 1.66. The normalized spacial score (nSPS) is 23.2. The van der Waals surface area contributed by atoms with Gasteiger partial charge in [-0.1, -0.05) is 18.2 Å².